The van der Waals surface area contributed by atoms with E-state index in [4.69, 9.17) is 34.3 Å². The molecule has 0 radical (unpaired) electrons. The molecule has 1 aliphatic heterocycles. The highest BCUT2D eigenvalue weighted by Gasteiger charge is 2.39. The lowest BCUT2D eigenvalue weighted by Crippen LogP contribution is -2.32. The molecule has 0 aliphatic carbocycles. The summed E-state index contributed by atoms with van der Waals surface area (Å²) in [7, 11) is 3.28. The number of hydrogen-bond acceptors (Lipinski definition) is 7. The van der Waals surface area contributed by atoms with Gasteiger partial charge in [0.25, 0.3) is 0 Å². The van der Waals surface area contributed by atoms with E-state index >= 15 is 0 Å². The monoisotopic (exact) mass is 649 g/mol. The SMILES string of the molecule is CCn1c(C2NCCc3cc(OC)c(OC)cc32)nc2cc(F)c(-c3cn[nH]c3)cc21.O=C(O)C(F)(F)F.O=C(O)C(F)(F)F. The number of rotatable bonds is 5. The summed E-state index contributed by atoms with van der Waals surface area (Å²) in [6.45, 7) is 3.60. The van der Waals surface area contributed by atoms with Gasteiger partial charge in [-0.25, -0.2) is 19.0 Å². The van der Waals surface area contributed by atoms with Crippen molar-refractivity contribution in [1.29, 1.82) is 0 Å². The Morgan fingerprint density at radius 1 is 1.00 bits per heavy atom. The molecule has 4 N–H and O–H groups in total. The number of hydrogen-bond donors (Lipinski definition) is 4. The third-order valence-electron chi connectivity index (χ3n) is 6.43. The number of imidazole rings is 1. The first kappa shape index (κ1) is 34.6. The zero-order valence-electron chi connectivity index (χ0n) is 23.7. The second-order valence-corrected chi connectivity index (χ2v) is 9.17. The van der Waals surface area contributed by atoms with Crippen molar-refractivity contribution < 1.29 is 60.0 Å². The van der Waals surface area contributed by atoms with Crippen LogP contribution in [0.3, 0.4) is 0 Å². The molecule has 18 heteroatoms. The van der Waals surface area contributed by atoms with Crippen LogP contribution in [-0.2, 0) is 22.6 Å². The van der Waals surface area contributed by atoms with E-state index in [2.05, 4.69) is 27.0 Å². The van der Waals surface area contributed by atoms with Gasteiger partial charge < -0.3 is 29.6 Å². The number of alkyl halides is 6. The smallest absolute Gasteiger partial charge is 0.490 e. The molecule has 2 aromatic heterocycles. The first-order valence-corrected chi connectivity index (χ1v) is 12.8. The van der Waals surface area contributed by atoms with Crippen LogP contribution in [0.15, 0.2) is 36.7 Å². The highest BCUT2D eigenvalue weighted by molar-refractivity contribution is 5.83. The van der Waals surface area contributed by atoms with Crippen molar-refractivity contribution in [3.8, 4) is 22.6 Å². The number of H-pyrrole nitrogens is 1. The Bertz CT molecular complexity index is 1630. The molecule has 3 heterocycles. The maximum absolute atomic E-state index is 14.9. The van der Waals surface area contributed by atoms with Gasteiger partial charge in [0.1, 0.15) is 11.6 Å². The van der Waals surface area contributed by atoms with E-state index < -0.39 is 24.3 Å². The van der Waals surface area contributed by atoms with Gasteiger partial charge in [0.15, 0.2) is 11.5 Å². The maximum atomic E-state index is 14.9. The number of aliphatic carboxylic acids is 2. The van der Waals surface area contributed by atoms with Crippen molar-refractivity contribution in [3.63, 3.8) is 0 Å². The lowest BCUT2D eigenvalue weighted by Gasteiger charge is -2.28. The molecule has 0 fully saturated rings. The molecule has 0 bridgehead atoms. The fourth-order valence-electron chi connectivity index (χ4n) is 4.45. The normalized spacial score (nSPS) is 14.4. The maximum Gasteiger partial charge on any atom is 0.490 e. The fourth-order valence-corrected chi connectivity index (χ4v) is 4.45. The molecule has 45 heavy (non-hydrogen) atoms. The van der Waals surface area contributed by atoms with Crippen LogP contribution in [0.4, 0.5) is 30.7 Å². The third kappa shape index (κ3) is 8.00. The molecule has 0 saturated carbocycles. The molecule has 5 rings (SSSR count). The number of carboxylic acid groups (broad SMARTS) is 2. The number of carboxylic acids is 2. The number of aryl methyl sites for hydroxylation is 1. The molecule has 0 saturated heterocycles. The summed E-state index contributed by atoms with van der Waals surface area (Å²) in [5, 5.41) is 24.5. The third-order valence-corrected chi connectivity index (χ3v) is 6.43. The Morgan fingerprint density at radius 2 is 1.58 bits per heavy atom. The van der Waals surface area contributed by atoms with E-state index in [1.54, 1.807) is 26.6 Å². The van der Waals surface area contributed by atoms with Gasteiger partial charge in [0, 0.05) is 36.5 Å². The molecule has 4 aromatic rings. The minimum absolute atomic E-state index is 0.128. The van der Waals surface area contributed by atoms with E-state index in [1.807, 2.05) is 18.2 Å². The van der Waals surface area contributed by atoms with Crippen LogP contribution >= 0.6 is 0 Å². The van der Waals surface area contributed by atoms with Gasteiger partial charge in [-0.15, -0.1) is 0 Å². The molecule has 1 aliphatic rings. The van der Waals surface area contributed by atoms with E-state index in [0.29, 0.717) is 28.9 Å². The Morgan fingerprint density at radius 3 is 2.07 bits per heavy atom. The second-order valence-electron chi connectivity index (χ2n) is 9.17. The Kier molecular flexibility index (Phi) is 10.6. The quantitative estimate of drug-likeness (QED) is 0.216. The molecule has 1 atom stereocenters. The average molecular weight is 650 g/mol. The summed E-state index contributed by atoms with van der Waals surface area (Å²) in [5.74, 6) is -3.57. The summed E-state index contributed by atoms with van der Waals surface area (Å²) in [5.41, 5.74) is 5.04. The number of nitrogens with zero attached hydrogens (tertiary/aromatic N) is 3. The molecule has 1 unspecified atom stereocenters. The minimum atomic E-state index is -5.08. The second kappa shape index (κ2) is 13.8. The fraction of sp³-hybridized carbons (Fsp3) is 0.333. The molecule has 0 spiro atoms. The number of methoxy groups -OCH3 is 2. The Hall–Kier alpha value is -4.87. The van der Waals surface area contributed by atoms with Gasteiger partial charge in [-0.1, -0.05) is 0 Å². The van der Waals surface area contributed by atoms with Crippen molar-refractivity contribution in [2.45, 2.75) is 38.3 Å². The summed E-state index contributed by atoms with van der Waals surface area (Å²) in [6.07, 6.45) is -5.97. The van der Waals surface area contributed by atoms with E-state index in [-0.39, 0.29) is 11.9 Å². The van der Waals surface area contributed by atoms with Gasteiger partial charge in [0.2, 0.25) is 0 Å². The van der Waals surface area contributed by atoms with Crippen LogP contribution in [0, 0.1) is 5.82 Å². The topological polar surface area (TPSA) is 152 Å². The van der Waals surface area contributed by atoms with Crippen molar-refractivity contribution in [2.24, 2.45) is 0 Å². The predicted octanol–water partition coefficient (Wildman–Crippen LogP) is 5.10. The molecule has 0 amide bonds. The zero-order valence-corrected chi connectivity index (χ0v) is 23.7. The largest absolute Gasteiger partial charge is 0.493 e. The summed E-state index contributed by atoms with van der Waals surface area (Å²) in [6, 6.07) is 7.29. The number of nitrogens with one attached hydrogen (secondary N) is 2. The molecule has 244 valence electrons. The number of benzene rings is 2. The predicted molar refractivity (Wildman–Crippen MR) is 143 cm³/mol. The van der Waals surface area contributed by atoms with Crippen LogP contribution in [0.5, 0.6) is 11.5 Å². The number of aromatic amines is 1. The van der Waals surface area contributed by atoms with Crippen molar-refractivity contribution >= 4 is 23.0 Å². The van der Waals surface area contributed by atoms with E-state index in [9.17, 15) is 30.7 Å². The van der Waals surface area contributed by atoms with Gasteiger partial charge in [0.05, 0.1) is 37.5 Å². The Balaban J connectivity index is 0.000000331. The first-order chi connectivity index (χ1) is 21.0. The van der Waals surface area contributed by atoms with E-state index in [0.717, 1.165) is 35.6 Å². The van der Waals surface area contributed by atoms with E-state index in [1.165, 1.54) is 11.6 Å². The summed E-state index contributed by atoms with van der Waals surface area (Å²) in [4.78, 5) is 22.6. The van der Waals surface area contributed by atoms with Crippen LogP contribution in [0.1, 0.15) is 29.9 Å². The van der Waals surface area contributed by atoms with Crippen LogP contribution in [0.2, 0.25) is 0 Å². The first-order valence-electron chi connectivity index (χ1n) is 12.8. The van der Waals surface area contributed by atoms with Gasteiger partial charge in [-0.3, -0.25) is 5.10 Å². The Labute approximate surface area is 249 Å². The van der Waals surface area contributed by atoms with Gasteiger partial charge in [-0.05, 0) is 42.7 Å². The standard InChI is InChI=1S/C23H24FN5O2.2C2HF3O2/c1-4-29-19-8-15(14-11-26-27-12-14)17(24)10-18(19)28-23(29)22-16-9-21(31-3)20(30-2)7-13(16)5-6-25-22;2*3-2(4,5)1(6)7/h7-12,22,25H,4-6H2,1-3H3,(H,26,27);2*(H,6,7). The molecular weight excluding hydrogens is 623 g/mol. The van der Waals surface area contributed by atoms with Crippen LogP contribution < -0.4 is 14.8 Å². The van der Waals surface area contributed by atoms with Crippen molar-refractivity contribution in [1.82, 2.24) is 25.1 Å². The van der Waals surface area contributed by atoms with Crippen LogP contribution in [-0.4, -0.2) is 75.0 Å². The number of halogens is 7. The average Bonchev–Trinajstić information content (AvgIpc) is 3.63. The number of ether oxygens (including phenoxy) is 2. The van der Waals surface area contributed by atoms with Crippen molar-refractivity contribution in [2.75, 3.05) is 20.8 Å². The van der Waals surface area contributed by atoms with Gasteiger partial charge in [-0.2, -0.15) is 31.4 Å². The molecule has 11 nitrogen and oxygen atoms in total. The highest BCUT2D eigenvalue weighted by Crippen LogP contribution is 2.38. The number of carbonyl (C=O) groups is 2. The van der Waals surface area contributed by atoms with Crippen molar-refractivity contribution in [3.05, 3.63) is 59.4 Å². The lowest BCUT2D eigenvalue weighted by molar-refractivity contribution is -0.193. The summed E-state index contributed by atoms with van der Waals surface area (Å²) < 4.78 is 91.5. The van der Waals surface area contributed by atoms with Crippen LogP contribution in [0.25, 0.3) is 22.2 Å². The number of aromatic nitrogens is 4. The summed E-state index contributed by atoms with van der Waals surface area (Å²) >= 11 is 0. The zero-order chi connectivity index (χ0) is 33.7. The number of fused-ring (bicyclic) bond motifs is 2. The molecular formula is C27H26F7N5O6. The lowest BCUT2D eigenvalue weighted by atomic mass is 9.93. The minimum Gasteiger partial charge on any atom is -0.493 e. The molecule has 2 aromatic carbocycles. The van der Waals surface area contributed by atoms with Gasteiger partial charge >= 0.3 is 24.3 Å². The highest BCUT2D eigenvalue weighted by atomic mass is 19.4.